The molecule has 4 saturated heterocycles. The number of rotatable bonds is 5. The molecule has 0 radical (unpaired) electrons. The normalized spacial score (nSPS) is 41.8. The minimum atomic E-state index is -0.692. The summed E-state index contributed by atoms with van der Waals surface area (Å²) in [6, 6.07) is 0. The molecule has 0 saturated carbocycles. The minimum absolute atomic E-state index is 0.224. The van der Waals surface area contributed by atoms with Crippen molar-refractivity contribution >= 4 is 0 Å². The Morgan fingerprint density at radius 2 is 1.54 bits per heavy atom. The smallest absolute Gasteiger partial charge is 0.190 e. The standard InChI is InChI=1S/C18H31NO7/c1-17(2)23-13-12(11-21-10-7-19-5-8-20-9-6-19)22-16-15(14(13)24-17)25-18(3,4)26-16/h12-16H,5-11H2,1-4H3/t12-,13+,14+,15-,16-/m1/s1. The Kier molecular flexibility index (Phi) is 5.31. The minimum Gasteiger partial charge on any atom is -0.379 e. The lowest BCUT2D eigenvalue weighted by Crippen LogP contribution is -2.56. The van der Waals surface area contributed by atoms with Crippen LogP contribution in [-0.2, 0) is 33.2 Å². The van der Waals surface area contributed by atoms with E-state index in [9.17, 15) is 0 Å². The van der Waals surface area contributed by atoms with Gasteiger partial charge < -0.3 is 33.2 Å². The number of fused-ring (bicyclic) bond motifs is 3. The Morgan fingerprint density at radius 1 is 0.885 bits per heavy atom. The van der Waals surface area contributed by atoms with E-state index in [1.807, 2.05) is 27.7 Å². The molecular weight excluding hydrogens is 342 g/mol. The van der Waals surface area contributed by atoms with Gasteiger partial charge in [0.2, 0.25) is 0 Å². The Morgan fingerprint density at radius 3 is 2.31 bits per heavy atom. The van der Waals surface area contributed by atoms with E-state index < -0.39 is 17.9 Å². The van der Waals surface area contributed by atoms with Crippen molar-refractivity contribution in [2.24, 2.45) is 0 Å². The average Bonchev–Trinajstić information content (AvgIpc) is 3.06. The van der Waals surface area contributed by atoms with Crippen LogP contribution < -0.4 is 0 Å². The first-order valence-corrected chi connectivity index (χ1v) is 9.58. The molecule has 0 aliphatic carbocycles. The second kappa shape index (κ2) is 7.25. The van der Waals surface area contributed by atoms with Crippen LogP contribution in [-0.4, -0.2) is 93.2 Å². The van der Waals surface area contributed by atoms with E-state index in [0.29, 0.717) is 13.2 Å². The molecule has 4 rings (SSSR count). The number of hydrogen-bond donors (Lipinski definition) is 0. The van der Waals surface area contributed by atoms with Crippen molar-refractivity contribution in [1.29, 1.82) is 0 Å². The van der Waals surface area contributed by atoms with Crippen molar-refractivity contribution in [2.75, 3.05) is 46.1 Å². The Bertz CT molecular complexity index is 494. The molecule has 4 heterocycles. The summed E-state index contributed by atoms with van der Waals surface area (Å²) >= 11 is 0. The maximum absolute atomic E-state index is 6.13. The number of ether oxygens (including phenoxy) is 7. The van der Waals surface area contributed by atoms with Crippen LogP contribution >= 0.6 is 0 Å². The zero-order chi connectivity index (χ0) is 18.4. The molecule has 0 spiro atoms. The van der Waals surface area contributed by atoms with E-state index in [1.54, 1.807) is 0 Å². The fourth-order valence-electron chi connectivity index (χ4n) is 4.05. The van der Waals surface area contributed by atoms with Crippen LogP contribution in [0, 0.1) is 0 Å². The molecule has 0 unspecified atom stereocenters. The predicted molar refractivity (Wildman–Crippen MR) is 90.6 cm³/mol. The molecule has 26 heavy (non-hydrogen) atoms. The van der Waals surface area contributed by atoms with E-state index in [-0.39, 0.29) is 24.4 Å². The summed E-state index contributed by atoms with van der Waals surface area (Å²) in [6.45, 7) is 13.1. The van der Waals surface area contributed by atoms with Gasteiger partial charge in [-0.05, 0) is 27.7 Å². The van der Waals surface area contributed by atoms with Crippen LogP contribution in [0.2, 0.25) is 0 Å². The molecule has 0 aromatic rings. The molecule has 4 fully saturated rings. The Labute approximate surface area is 154 Å². The van der Waals surface area contributed by atoms with Gasteiger partial charge in [0.1, 0.15) is 24.4 Å². The fraction of sp³-hybridized carbons (Fsp3) is 1.00. The summed E-state index contributed by atoms with van der Waals surface area (Å²) in [5.74, 6) is -1.36. The largest absolute Gasteiger partial charge is 0.379 e. The molecule has 0 aromatic carbocycles. The second-order valence-electron chi connectivity index (χ2n) is 8.24. The highest BCUT2D eigenvalue weighted by Crippen LogP contribution is 2.44. The number of nitrogens with zero attached hydrogens (tertiary/aromatic N) is 1. The number of morpholine rings is 1. The van der Waals surface area contributed by atoms with Gasteiger partial charge in [0, 0.05) is 19.6 Å². The third kappa shape index (κ3) is 4.07. The predicted octanol–water partition coefficient (Wildman–Crippen LogP) is 0.732. The molecule has 0 amide bonds. The molecule has 4 aliphatic heterocycles. The van der Waals surface area contributed by atoms with E-state index >= 15 is 0 Å². The fourth-order valence-corrected chi connectivity index (χ4v) is 4.05. The molecule has 0 N–H and O–H groups in total. The lowest BCUT2D eigenvalue weighted by Gasteiger charge is -2.37. The zero-order valence-electron chi connectivity index (χ0n) is 16.1. The summed E-state index contributed by atoms with van der Waals surface area (Å²) in [6.07, 6.45) is -1.45. The second-order valence-corrected chi connectivity index (χ2v) is 8.24. The van der Waals surface area contributed by atoms with Gasteiger partial charge in [-0.2, -0.15) is 0 Å². The summed E-state index contributed by atoms with van der Waals surface area (Å²) < 4.78 is 41.5. The van der Waals surface area contributed by atoms with Crippen molar-refractivity contribution in [2.45, 2.75) is 70.0 Å². The Hall–Kier alpha value is -0.320. The molecule has 150 valence electrons. The quantitative estimate of drug-likeness (QED) is 0.654. The molecule has 0 aromatic heterocycles. The summed E-state index contributed by atoms with van der Waals surface area (Å²) in [4.78, 5) is 2.35. The van der Waals surface area contributed by atoms with Gasteiger partial charge in [0.15, 0.2) is 17.9 Å². The van der Waals surface area contributed by atoms with Gasteiger partial charge in [-0.25, -0.2) is 0 Å². The van der Waals surface area contributed by atoms with Gasteiger partial charge >= 0.3 is 0 Å². The summed E-state index contributed by atoms with van der Waals surface area (Å²) in [5, 5.41) is 0. The first kappa shape index (κ1) is 19.0. The third-order valence-electron chi connectivity index (χ3n) is 5.19. The van der Waals surface area contributed by atoms with Crippen LogP contribution in [0.15, 0.2) is 0 Å². The van der Waals surface area contributed by atoms with Crippen LogP contribution in [0.25, 0.3) is 0 Å². The highest BCUT2D eigenvalue weighted by molar-refractivity contribution is 5.00. The van der Waals surface area contributed by atoms with Crippen molar-refractivity contribution in [1.82, 2.24) is 4.90 Å². The van der Waals surface area contributed by atoms with E-state index in [2.05, 4.69) is 4.90 Å². The first-order chi connectivity index (χ1) is 12.3. The van der Waals surface area contributed by atoms with Gasteiger partial charge in [-0.1, -0.05) is 0 Å². The topological polar surface area (TPSA) is 67.9 Å². The van der Waals surface area contributed by atoms with Crippen LogP contribution in [0.3, 0.4) is 0 Å². The lowest BCUT2D eigenvalue weighted by atomic mass is 9.99. The van der Waals surface area contributed by atoms with E-state index in [1.165, 1.54) is 0 Å². The Balaban J connectivity index is 1.33. The monoisotopic (exact) mass is 373 g/mol. The van der Waals surface area contributed by atoms with Gasteiger partial charge in [-0.15, -0.1) is 0 Å². The highest BCUT2D eigenvalue weighted by atomic mass is 16.9. The number of hydrogen-bond acceptors (Lipinski definition) is 8. The van der Waals surface area contributed by atoms with Crippen molar-refractivity contribution in [3.8, 4) is 0 Å². The van der Waals surface area contributed by atoms with Crippen molar-refractivity contribution in [3.63, 3.8) is 0 Å². The van der Waals surface area contributed by atoms with Gasteiger partial charge in [0.05, 0.1) is 26.4 Å². The molecule has 8 heteroatoms. The molecule has 0 bridgehead atoms. The molecular formula is C18H31NO7. The molecule has 8 nitrogen and oxygen atoms in total. The van der Waals surface area contributed by atoms with Gasteiger partial charge in [-0.3, -0.25) is 4.90 Å². The SMILES string of the molecule is CC1(C)O[C@H]2[C@@H](O1)[C@@H](COCCN1CCOCC1)O[C@@H]1OC(C)(C)O[C@@H]12. The summed E-state index contributed by atoms with van der Waals surface area (Å²) in [5.41, 5.74) is 0. The first-order valence-electron chi connectivity index (χ1n) is 9.58. The van der Waals surface area contributed by atoms with E-state index in [4.69, 9.17) is 33.2 Å². The maximum Gasteiger partial charge on any atom is 0.190 e. The molecule has 5 atom stereocenters. The highest BCUT2D eigenvalue weighted by Gasteiger charge is 2.60. The van der Waals surface area contributed by atoms with Crippen LogP contribution in [0.1, 0.15) is 27.7 Å². The molecule has 4 aliphatic rings. The van der Waals surface area contributed by atoms with Gasteiger partial charge in [0.25, 0.3) is 0 Å². The average molecular weight is 373 g/mol. The lowest BCUT2D eigenvalue weighted by molar-refractivity contribution is -0.243. The maximum atomic E-state index is 6.13. The van der Waals surface area contributed by atoms with Crippen molar-refractivity contribution < 1.29 is 33.2 Å². The van der Waals surface area contributed by atoms with E-state index in [0.717, 1.165) is 32.8 Å². The van der Waals surface area contributed by atoms with Crippen LogP contribution in [0.4, 0.5) is 0 Å². The van der Waals surface area contributed by atoms with Crippen molar-refractivity contribution in [3.05, 3.63) is 0 Å². The summed E-state index contributed by atoms with van der Waals surface area (Å²) in [7, 11) is 0. The zero-order valence-corrected chi connectivity index (χ0v) is 16.1. The van der Waals surface area contributed by atoms with Crippen LogP contribution in [0.5, 0.6) is 0 Å². The third-order valence-corrected chi connectivity index (χ3v) is 5.19.